The normalized spacial score (nSPS) is 13.7. The number of aromatic nitrogens is 4. The predicted octanol–water partition coefficient (Wildman–Crippen LogP) is 5.01. The second-order valence-corrected chi connectivity index (χ2v) is 10.7. The van der Waals surface area contributed by atoms with E-state index in [0.29, 0.717) is 42.6 Å². The summed E-state index contributed by atoms with van der Waals surface area (Å²) >= 11 is 0. The molecule has 0 spiro atoms. The van der Waals surface area contributed by atoms with Crippen molar-refractivity contribution >= 4 is 17.0 Å². The van der Waals surface area contributed by atoms with Gasteiger partial charge in [0.25, 0.3) is 0 Å². The summed E-state index contributed by atoms with van der Waals surface area (Å²) in [4.78, 5) is 21.1. The highest BCUT2D eigenvalue weighted by Gasteiger charge is 2.34. The van der Waals surface area contributed by atoms with Gasteiger partial charge in [0, 0.05) is 17.9 Å². The number of nitriles is 1. The molecule has 0 aliphatic carbocycles. The second-order valence-electron chi connectivity index (χ2n) is 10.7. The van der Waals surface area contributed by atoms with Gasteiger partial charge in [-0.2, -0.15) is 10.2 Å². The van der Waals surface area contributed by atoms with Gasteiger partial charge in [-0.25, -0.2) is 4.98 Å². The van der Waals surface area contributed by atoms with E-state index in [4.69, 9.17) is 10.3 Å². The largest absolute Gasteiger partial charge is 0.481 e. The van der Waals surface area contributed by atoms with Crippen LogP contribution >= 0.6 is 0 Å². The molecule has 0 saturated heterocycles. The maximum absolute atomic E-state index is 12.1. The predicted molar refractivity (Wildman–Crippen MR) is 137 cm³/mol. The Morgan fingerprint density at radius 3 is 2.64 bits per heavy atom. The number of imidazole rings is 1. The highest BCUT2D eigenvalue weighted by molar-refractivity contribution is 5.77. The van der Waals surface area contributed by atoms with Gasteiger partial charge in [0.15, 0.2) is 5.82 Å². The van der Waals surface area contributed by atoms with Crippen LogP contribution in [-0.2, 0) is 16.8 Å². The number of nitrogens with zero attached hydrogens (tertiary/aromatic N) is 5. The Bertz CT molecular complexity index is 1190. The molecule has 9 nitrogen and oxygen atoms in total. The smallest absolute Gasteiger partial charge is 0.306 e. The molecule has 0 aliphatic heterocycles. The van der Waals surface area contributed by atoms with Crippen LogP contribution in [-0.4, -0.2) is 37.3 Å². The summed E-state index contributed by atoms with van der Waals surface area (Å²) in [6.45, 7) is 9.30. The SMILES string of the molecule is CC(C)c1noc(C(C)(C)CC(CCC[C@H](CCCN)Cn2cnc3ccc(C#N)cc32)C(=O)O)n1. The van der Waals surface area contributed by atoms with Crippen LogP contribution in [0.1, 0.15) is 89.4 Å². The van der Waals surface area contributed by atoms with Crippen molar-refractivity contribution in [2.24, 2.45) is 17.6 Å². The first-order chi connectivity index (χ1) is 17.1. The first-order valence-electron chi connectivity index (χ1n) is 12.8. The lowest BCUT2D eigenvalue weighted by Crippen LogP contribution is -2.27. The molecule has 3 N–H and O–H groups in total. The van der Waals surface area contributed by atoms with Crippen LogP contribution in [0.25, 0.3) is 11.0 Å². The molecule has 3 rings (SSSR count). The number of aliphatic carboxylic acids is 1. The molecular formula is C27H38N6O3. The number of benzene rings is 1. The van der Waals surface area contributed by atoms with E-state index in [1.165, 1.54) is 0 Å². The van der Waals surface area contributed by atoms with Crippen molar-refractivity contribution in [3.05, 3.63) is 41.8 Å². The minimum Gasteiger partial charge on any atom is -0.481 e. The van der Waals surface area contributed by atoms with E-state index in [1.54, 1.807) is 6.07 Å². The van der Waals surface area contributed by atoms with Crippen molar-refractivity contribution in [2.75, 3.05) is 6.54 Å². The summed E-state index contributed by atoms with van der Waals surface area (Å²) in [5.74, 6) is 0.317. The van der Waals surface area contributed by atoms with Gasteiger partial charge in [-0.1, -0.05) is 39.3 Å². The number of fused-ring (bicyclic) bond motifs is 1. The van der Waals surface area contributed by atoms with Crippen LogP contribution in [0.15, 0.2) is 29.0 Å². The standard InChI is InChI=1S/C27H38N6O3/c1-18(2)24-31-26(36-32-24)27(3,4)14-21(25(34)35)9-5-7-19(8-6-12-28)16-33-17-30-22-11-10-20(15-29)13-23(22)33/h10-11,13,17-19,21H,5-9,12,14,16,28H2,1-4H3,(H,34,35)/t19-,21?/m1/s1. The van der Waals surface area contributed by atoms with E-state index in [0.717, 1.165) is 43.3 Å². The molecule has 1 unspecified atom stereocenters. The van der Waals surface area contributed by atoms with Gasteiger partial charge in [0.05, 0.1) is 34.9 Å². The Morgan fingerprint density at radius 1 is 1.25 bits per heavy atom. The van der Waals surface area contributed by atoms with Gasteiger partial charge in [-0.15, -0.1) is 0 Å². The van der Waals surface area contributed by atoms with E-state index in [-0.39, 0.29) is 5.92 Å². The van der Waals surface area contributed by atoms with E-state index in [1.807, 2.05) is 46.2 Å². The Labute approximate surface area is 212 Å². The molecule has 3 aromatic rings. The molecule has 36 heavy (non-hydrogen) atoms. The molecule has 0 fully saturated rings. The molecular weight excluding hydrogens is 456 g/mol. The van der Waals surface area contributed by atoms with Crippen molar-refractivity contribution in [3.8, 4) is 6.07 Å². The molecule has 1 aromatic carbocycles. The maximum Gasteiger partial charge on any atom is 0.306 e. The molecule has 0 amide bonds. The summed E-state index contributed by atoms with van der Waals surface area (Å²) in [6.07, 6.45) is 6.37. The van der Waals surface area contributed by atoms with E-state index >= 15 is 0 Å². The average molecular weight is 495 g/mol. The van der Waals surface area contributed by atoms with Gasteiger partial charge >= 0.3 is 5.97 Å². The van der Waals surface area contributed by atoms with E-state index in [2.05, 4.69) is 25.8 Å². The first-order valence-corrected chi connectivity index (χ1v) is 12.8. The second kappa shape index (κ2) is 12.1. The zero-order valence-corrected chi connectivity index (χ0v) is 21.8. The number of carboxylic acids is 1. The van der Waals surface area contributed by atoms with Gasteiger partial charge in [-0.05, 0) is 62.8 Å². The molecule has 0 bridgehead atoms. The fraction of sp³-hybridized carbons (Fsp3) is 0.593. The van der Waals surface area contributed by atoms with Crippen LogP contribution in [0.2, 0.25) is 0 Å². The Balaban J connectivity index is 1.65. The number of carbonyl (C=O) groups is 1. The summed E-state index contributed by atoms with van der Waals surface area (Å²) in [5.41, 5.74) is 7.67. The number of hydrogen-bond acceptors (Lipinski definition) is 7. The third kappa shape index (κ3) is 6.91. The summed E-state index contributed by atoms with van der Waals surface area (Å²) in [5, 5.41) is 23.2. The van der Waals surface area contributed by atoms with Crippen molar-refractivity contribution in [1.29, 1.82) is 5.26 Å². The molecule has 2 aromatic heterocycles. The highest BCUT2D eigenvalue weighted by atomic mass is 16.5. The van der Waals surface area contributed by atoms with Gasteiger partial charge in [0.1, 0.15) is 0 Å². The molecule has 194 valence electrons. The summed E-state index contributed by atoms with van der Waals surface area (Å²) in [7, 11) is 0. The Morgan fingerprint density at radius 2 is 2.00 bits per heavy atom. The monoisotopic (exact) mass is 494 g/mol. The van der Waals surface area contributed by atoms with Crippen molar-refractivity contribution < 1.29 is 14.4 Å². The molecule has 2 atom stereocenters. The van der Waals surface area contributed by atoms with Crippen LogP contribution in [0.3, 0.4) is 0 Å². The zero-order chi connectivity index (χ0) is 26.3. The van der Waals surface area contributed by atoms with Gasteiger partial charge < -0.3 is 19.9 Å². The molecule has 2 heterocycles. The maximum atomic E-state index is 12.1. The topological polar surface area (TPSA) is 144 Å². The molecule has 0 aliphatic rings. The fourth-order valence-electron chi connectivity index (χ4n) is 4.70. The number of carboxylic acid groups (broad SMARTS) is 1. The molecule has 9 heteroatoms. The number of nitrogens with two attached hydrogens (primary N) is 1. The lowest BCUT2D eigenvalue weighted by molar-refractivity contribution is -0.142. The summed E-state index contributed by atoms with van der Waals surface area (Å²) < 4.78 is 7.57. The number of rotatable bonds is 14. The van der Waals surface area contributed by atoms with Crippen LogP contribution < -0.4 is 5.73 Å². The minimum absolute atomic E-state index is 0.151. The molecule has 0 saturated carbocycles. The third-order valence-electron chi connectivity index (χ3n) is 6.83. The lowest BCUT2D eigenvalue weighted by atomic mass is 9.80. The quantitative estimate of drug-likeness (QED) is 0.318. The first kappa shape index (κ1) is 27.3. The van der Waals surface area contributed by atoms with Gasteiger partial charge in [-0.3, -0.25) is 4.79 Å². The highest BCUT2D eigenvalue weighted by Crippen LogP contribution is 2.33. The van der Waals surface area contributed by atoms with E-state index in [9.17, 15) is 15.2 Å². The van der Waals surface area contributed by atoms with Crippen LogP contribution in [0.5, 0.6) is 0 Å². The lowest BCUT2D eigenvalue weighted by Gasteiger charge is -2.25. The zero-order valence-electron chi connectivity index (χ0n) is 21.8. The van der Waals surface area contributed by atoms with Crippen molar-refractivity contribution in [3.63, 3.8) is 0 Å². The van der Waals surface area contributed by atoms with Crippen molar-refractivity contribution in [2.45, 2.75) is 84.1 Å². The van der Waals surface area contributed by atoms with Gasteiger partial charge in [0.2, 0.25) is 5.89 Å². The molecule has 0 radical (unpaired) electrons. The van der Waals surface area contributed by atoms with Crippen LogP contribution in [0, 0.1) is 23.2 Å². The average Bonchev–Trinajstić information content (AvgIpc) is 3.49. The minimum atomic E-state index is -0.796. The van der Waals surface area contributed by atoms with E-state index < -0.39 is 17.3 Å². The Hall–Kier alpha value is -3.25. The Kier molecular flexibility index (Phi) is 9.21. The third-order valence-corrected chi connectivity index (χ3v) is 6.83. The summed E-state index contributed by atoms with van der Waals surface area (Å²) in [6, 6.07) is 7.70. The number of hydrogen-bond donors (Lipinski definition) is 2. The van der Waals surface area contributed by atoms with Crippen LogP contribution in [0.4, 0.5) is 0 Å². The fourth-order valence-corrected chi connectivity index (χ4v) is 4.70. The van der Waals surface area contributed by atoms with Crippen molar-refractivity contribution in [1.82, 2.24) is 19.7 Å².